The summed E-state index contributed by atoms with van der Waals surface area (Å²) in [5.74, 6) is 1.54. The van der Waals surface area contributed by atoms with Gasteiger partial charge in [0.25, 0.3) is 5.91 Å². The van der Waals surface area contributed by atoms with Crippen LogP contribution in [-0.2, 0) is 91.1 Å². The van der Waals surface area contributed by atoms with Crippen LogP contribution in [0.15, 0.2) is 24.3 Å². The minimum Gasteiger partial charge on any atom is -0.504 e. The third-order valence-corrected chi connectivity index (χ3v) is 7.64. The summed E-state index contributed by atoms with van der Waals surface area (Å²) in [6.07, 6.45) is 8.07. The summed E-state index contributed by atoms with van der Waals surface area (Å²) < 4.78 is 4.93. The molecule has 0 aromatic heterocycles. The van der Waals surface area contributed by atoms with Crippen LogP contribution in [0, 0.1) is 17.8 Å². The summed E-state index contributed by atoms with van der Waals surface area (Å²) in [5.41, 5.74) is 6.09. The number of methoxy groups -OCH3 is 1. The predicted octanol–water partition coefficient (Wildman–Crippen LogP) is 7.33. The number of hydrogen-bond acceptors (Lipinski definition) is 4. The van der Waals surface area contributed by atoms with Crippen LogP contribution < -0.4 is 10.1 Å². The van der Waals surface area contributed by atoms with Crippen LogP contribution in [0.5, 0.6) is 17.2 Å². The monoisotopic (exact) mass is 679 g/mol. The molecule has 5 nitrogen and oxygen atoms in total. The van der Waals surface area contributed by atoms with Gasteiger partial charge in [-0.05, 0) is 97.1 Å². The molecule has 1 amide bonds. The Morgan fingerprint density at radius 3 is 1.84 bits per heavy atom. The van der Waals surface area contributed by atoms with Crippen molar-refractivity contribution in [2.45, 2.75) is 88.5 Å². The molecule has 0 fully saturated rings. The number of benzene rings is 2. The van der Waals surface area contributed by atoms with Gasteiger partial charge in [-0.1, -0.05) is 55.7 Å². The number of aromatic hydroxyl groups is 2. The number of amides is 1. The maximum absolute atomic E-state index is 12.5. The number of ether oxygens (including phenoxy) is 1. The zero-order chi connectivity index (χ0) is 22.8. The minimum absolute atomic E-state index is 0. The fourth-order valence-electron chi connectivity index (χ4n) is 5.78. The van der Waals surface area contributed by atoms with Crippen LogP contribution in [0.25, 0.3) is 0 Å². The number of phenols is 2. The van der Waals surface area contributed by atoms with Crippen molar-refractivity contribution in [3.05, 3.63) is 52.1 Å². The zero-order valence-corrected chi connectivity index (χ0v) is 26.2. The predicted molar refractivity (Wildman–Crippen MR) is 153 cm³/mol. The van der Waals surface area contributed by atoms with Crippen molar-refractivity contribution >= 4 is 5.91 Å². The number of aryl methyl sites for hydroxylation is 2. The first-order valence-electron chi connectivity index (χ1n) is 11.9. The molecule has 0 heterocycles. The van der Waals surface area contributed by atoms with Crippen molar-refractivity contribution < 1.29 is 85.2 Å². The molecule has 2 aromatic carbocycles. The molecule has 210 valence electrons. The van der Waals surface area contributed by atoms with Gasteiger partial charge in [-0.2, -0.15) is 0 Å². The second-order valence-electron chi connectivity index (χ2n) is 9.68. The Kier molecular flexibility index (Phi) is 20.8. The van der Waals surface area contributed by atoms with Gasteiger partial charge < -0.3 is 20.3 Å². The van der Waals surface area contributed by atoms with Gasteiger partial charge in [-0.15, -0.1) is 0 Å². The summed E-state index contributed by atoms with van der Waals surface area (Å²) in [4.78, 5) is 12.5. The van der Waals surface area contributed by atoms with Crippen molar-refractivity contribution in [3.63, 3.8) is 0 Å². The van der Waals surface area contributed by atoms with E-state index in [4.69, 9.17) is 4.74 Å². The summed E-state index contributed by atoms with van der Waals surface area (Å²) in [7, 11) is 1.35. The Labute approximate surface area is 283 Å². The molecule has 0 aliphatic heterocycles. The smallest absolute Gasteiger partial charge is 0.251 e. The van der Waals surface area contributed by atoms with Crippen LogP contribution in [0.4, 0.5) is 0 Å². The van der Waals surface area contributed by atoms with Crippen LogP contribution in [0.2, 0.25) is 0 Å². The number of fused-ring (bicyclic) bond motifs is 2. The molecule has 2 radical (unpaired) electrons. The van der Waals surface area contributed by atoms with Gasteiger partial charge in [0.1, 0.15) is 0 Å². The van der Waals surface area contributed by atoms with Crippen molar-refractivity contribution in [2.24, 2.45) is 17.8 Å². The van der Waals surface area contributed by atoms with Gasteiger partial charge in [-0.3, -0.25) is 4.79 Å². The number of carbonyl (C=O) groups excluding carboxylic acids is 1. The fraction of sp³-hybridized carbons (Fsp3) is 0.581. The summed E-state index contributed by atoms with van der Waals surface area (Å²) in [6.45, 7) is 5.37. The van der Waals surface area contributed by atoms with Gasteiger partial charge in [0.2, 0.25) is 5.75 Å². The summed E-state index contributed by atoms with van der Waals surface area (Å²) >= 11 is 0. The van der Waals surface area contributed by atoms with Crippen molar-refractivity contribution in [1.29, 1.82) is 0 Å². The Bertz CT molecular complexity index is 953. The molecule has 2 bridgehead atoms. The minimum atomic E-state index is -0.326. The summed E-state index contributed by atoms with van der Waals surface area (Å²) in [5, 5.41) is 22.8. The number of rotatable bonds is 5. The quantitative estimate of drug-likeness (QED) is 0.310. The van der Waals surface area contributed by atoms with Crippen molar-refractivity contribution in [1.82, 2.24) is 5.32 Å². The van der Waals surface area contributed by atoms with Gasteiger partial charge in [-0.25, -0.2) is 0 Å². The molecule has 7 heteroatoms. The van der Waals surface area contributed by atoms with Crippen LogP contribution in [-0.4, -0.2) is 29.8 Å². The van der Waals surface area contributed by atoms with Crippen LogP contribution in [0.3, 0.4) is 0 Å². The van der Waals surface area contributed by atoms with Crippen LogP contribution >= 0.6 is 0 Å². The molecule has 38 heavy (non-hydrogen) atoms. The average Bonchev–Trinajstić information content (AvgIpc) is 2.74. The second-order valence-corrected chi connectivity index (χ2v) is 9.68. The molecule has 2 aliphatic rings. The van der Waals surface area contributed by atoms with E-state index in [1.807, 2.05) is 0 Å². The number of carbonyl (C=O) groups is 1. The standard InChI is InChI=1S/C27H35NO4.4CH4.2Y/c1-16-4-6-19-12-18(13-20-7-5-17(2)22(16)8-9-23(19)20)10-11-28-27(31)21-14-24(29)26(32-3)25(30)15-21;;;;;;/h12-17,22,29-30H,4-11H2,1-3H3,(H,28,31);4*1H4;;/t16-,17?,22?;;;;;;/m0....../s1. The van der Waals surface area contributed by atoms with E-state index in [1.165, 1.54) is 61.6 Å². The first kappa shape index (κ1) is 42.0. The van der Waals surface area contributed by atoms with E-state index in [0.717, 1.165) is 37.0 Å². The van der Waals surface area contributed by atoms with E-state index in [1.54, 1.807) is 5.56 Å². The van der Waals surface area contributed by atoms with E-state index in [9.17, 15) is 15.0 Å². The topological polar surface area (TPSA) is 78.8 Å². The largest absolute Gasteiger partial charge is 0.504 e. The Balaban J connectivity index is -0.00000204. The molecule has 0 saturated heterocycles. The first-order chi connectivity index (χ1) is 15.4. The molecule has 2 aromatic rings. The summed E-state index contributed by atoms with van der Waals surface area (Å²) in [6, 6.07) is 7.33. The molecule has 4 rings (SSSR count). The Morgan fingerprint density at radius 2 is 1.37 bits per heavy atom. The molecule has 2 aliphatic carbocycles. The average molecular weight is 680 g/mol. The third-order valence-electron chi connectivity index (χ3n) is 7.64. The number of phenolic OH excluding ortho intramolecular Hbond substituents is 2. The molecule has 2 unspecified atom stereocenters. The molecule has 0 spiro atoms. The molecular weight excluding hydrogens is 628 g/mol. The zero-order valence-electron chi connectivity index (χ0n) is 20.6. The third kappa shape index (κ3) is 9.56. The van der Waals surface area contributed by atoms with E-state index in [-0.39, 0.29) is 124 Å². The SMILES string of the molecule is C.C.C.C.COc1c(O)cc(C(=O)NCCc2cc3c4c(c2)CC[C@H](C)C(CC4)C(C)CC3)cc1O.[Y].[Y]. The molecular formula is C31H51NO4Y2. The van der Waals surface area contributed by atoms with Gasteiger partial charge >= 0.3 is 0 Å². The van der Waals surface area contributed by atoms with Gasteiger partial charge in [0, 0.05) is 77.5 Å². The Morgan fingerprint density at radius 1 is 0.868 bits per heavy atom. The van der Waals surface area contributed by atoms with Crippen LogP contribution in [0.1, 0.15) is 95.4 Å². The number of hydrogen-bond donors (Lipinski definition) is 3. The fourth-order valence-corrected chi connectivity index (χ4v) is 5.78. The van der Waals surface area contributed by atoms with E-state index in [2.05, 4.69) is 31.3 Å². The van der Waals surface area contributed by atoms with E-state index >= 15 is 0 Å². The number of nitrogens with one attached hydrogen (secondary N) is 1. The van der Waals surface area contributed by atoms with Crippen molar-refractivity contribution in [2.75, 3.05) is 13.7 Å². The molecule has 3 atom stereocenters. The van der Waals surface area contributed by atoms with Crippen molar-refractivity contribution in [3.8, 4) is 17.2 Å². The molecule has 0 saturated carbocycles. The van der Waals surface area contributed by atoms with E-state index < -0.39 is 0 Å². The maximum Gasteiger partial charge on any atom is 0.251 e. The van der Waals surface area contributed by atoms with Gasteiger partial charge in [0.15, 0.2) is 11.5 Å². The second kappa shape index (κ2) is 18.8. The van der Waals surface area contributed by atoms with Gasteiger partial charge in [0.05, 0.1) is 7.11 Å². The normalized spacial score (nSPS) is 18.9. The molecule has 3 N–H and O–H groups in total. The Hall–Kier alpha value is -0.482. The first-order valence-corrected chi connectivity index (χ1v) is 11.9. The van der Waals surface area contributed by atoms with E-state index in [0.29, 0.717) is 6.54 Å². The maximum atomic E-state index is 12.5.